The van der Waals surface area contributed by atoms with Gasteiger partial charge in [0.15, 0.2) is 9.84 Å². The van der Waals surface area contributed by atoms with Gasteiger partial charge in [-0.3, -0.25) is 0 Å². The van der Waals surface area contributed by atoms with Gasteiger partial charge in [0.1, 0.15) is 0 Å². The first kappa shape index (κ1) is 17.7. The molecule has 0 saturated carbocycles. The molecule has 1 aliphatic rings. The first-order chi connectivity index (χ1) is 14.1. The molecule has 0 saturated heterocycles. The molecule has 0 unspecified atom stereocenters. The van der Waals surface area contributed by atoms with Crippen molar-refractivity contribution < 1.29 is 8.42 Å². The molecule has 0 N–H and O–H groups in total. The van der Waals surface area contributed by atoms with Crippen LogP contribution in [0.5, 0.6) is 0 Å². The average molecular weight is 394 g/mol. The molecular weight excluding hydrogens is 376 g/mol. The zero-order valence-corrected chi connectivity index (χ0v) is 16.4. The van der Waals surface area contributed by atoms with Gasteiger partial charge in [0.05, 0.1) is 0 Å². The van der Waals surface area contributed by atoms with Crippen LogP contribution < -0.4 is 0 Å². The van der Waals surface area contributed by atoms with Gasteiger partial charge in [-0.25, -0.2) is 8.42 Å². The van der Waals surface area contributed by atoms with Crippen LogP contribution in [0.1, 0.15) is 0 Å². The van der Waals surface area contributed by atoms with Gasteiger partial charge in [0.2, 0.25) is 0 Å². The summed E-state index contributed by atoms with van der Waals surface area (Å²) < 4.78 is 20.5. The summed E-state index contributed by atoms with van der Waals surface area (Å²) in [4.78, 5) is 0. The lowest BCUT2D eigenvalue weighted by atomic mass is 9.97. The van der Waals surface area contributed by atoms with Crippen molar-refractivity contribution >= 4 is 52.9 Å². The van der Waals surface area contributed by atoms with Crippen LogP contribution in [0.25, 0.3) is 43.1 Å². The van der Waals surface area contributed by atoms with Crippen LogP contribution >= 0.6 is 0 Å². The highest BCUT2D eigenvalue weighted by atomic mass is 32.2. The molecule has 1 aliphatic heterocycles. The van der Waals surface area contributed by atoms with E-state index in [1.54, 1.807) is 0 Å². The Morgan fingerprint density at radius 3 is 0.931 bits per heavy atom. The third kappa shape index (κ3) is 3.53. The maximum atomic E-state index is 10.3. The molecule has 5 aromatic rings. The Bertz CT molecular complexity index is 1360. The van der Waals surface area contributed by atoms with Crippen LogP contribution in [-0.2, 0) is 9.84 Å². The van der Waals surface area contributed by atoms with Gasteiger partial charge in [-0.05, 0) is 91.6 Å². The SMILES string of the molecule is O=S1(=O)C=CC=C1.c1ccc2cc3cc4cc5ccccc5cc4cc3cc2c1. The molecule has 3 heteroatoms. The molecule has 0 radical (unpaired) electrons. The Kier molecular flexibility index (Phi) is 4.18. The van der Waals surface area contributed by atoms with E-state index in [2.05, 4.69) is 84.9 Å². The highest BCUT2D eigenvalue weighted by Gasteiger charge is 2.03. The summed E-state index contributed by atoms with van der Waals surface area (Å²) >= 11 is 0. The minimum Gasteiger partial charge on any atom is -0.220 e. The minimum atomic E-state index is -2.91. The van der Waals surface area contributed by atoms with E-state index in [9.17, 15) is 8.42 Å². The smallest absolute Gasteiger partial charge is 0.193 e. The molecule has 0 fully saturated rings. The molecule has 0 bridgehead atoms. The van der Waals surface area contributed by atoms with E-state index in [0.717, 1.165) is 10.8 Å². The zero-order valence-electron chi connectivity index (χ0n) is 15.6. The first-order valence-corrected chi connectivity index (χ1v) is 11.0. The van der Waals surface area contributed by atoms with Gasteiger partial charge in [-0.2, -0.15) is 0 Å². The molecule has 2 nitrogen and oxygen atoms in total. The summed E-state index contributed by atoms with van der Waals surface area (Å²) in [6, 6.07) is 30.9. The molecule has 5 aromatic carbocycles. The largest absolute Gasteiger partial charge is 0.220 e. The molecular formula is C26H18O2S. The predicted octanol–water partition coefficient (Wildman–Crippen LogP) is 6.74. The monoisotopic (exact) mass is 394 g/mol. The molecule has 6 rings (SSSR count). The van der Waals surface area contributed by atoms with E-state index in [1.807, 2.05) is 0 Å². The normalized spacial score (nSPS) is 14.5. The Labute approximate surface area is 169 Å². The van der Waals surface area contributed by atoms with E-state index in [-0.39, 0.29) is 0 Å². The maximum absolute atomic E-state index is 10.3. The van der Waals surface area contributed by atoms with Crippen LogP contribution in [0.3, 0.4) is 0 Å². The van der Waals surface area contributed by atoms with Gasteiger partial charge in [-0.1, -0.05) is 48.5 Å². The van der Waals surface area contributed by atoms with Crippen molar-refractivity contribution in [2.24, 2.45) is 0 Å². The minimum absolute atomic E-state index is 1.16. The molecule has 0 aromatic heterocycles. The van der Waals surface area contributed by atoms with Crippen LogP contribution in [0.15, 0.2) is 108 Å². The fourth-order valence-electron chi connectivity index (χ4n) is 3.74. The summed E-state index contributed by atoms with van der Waals surface area (Å²) in [5.41, 5.74) is 0. The van der Waals surface area contributed by atoms with Crippen LogP contribution in [0.2, 0.25) is 0 Å². The van der Waals surface area contributed by atoms with Crippen molar-refractivity contribution in [3.63, 3.8) is 0 Å². The second-order valence-electron chi connectivity index (χ2n) is 7.19. The second-order valence-corrected chi connectivity index (χ2v) is 8.91. The predicted molar refractivity (Wildman–Crippen MR) is 124 cm³/mol. The molecule has 140 valence electrons. The standard InChI is InChI=1S/C22H14.C4H4O2S/c1-2-6-16-10-20-14-22-12-18-8-4-3-7-17(18)11-21(22)13-19(20)9-15(16)5-1;5-7(6)3-1-2-4-7/h1-14H;1-4H. The van der Waals surface area contributed by atoms with Gasteiger partial charge in [0, 0.05) is 10.8 Å². The molecule has 0 atom stereocenters. The third-order valence-corrected chi connectivity index (χ3v) is 6.25. The number of benzene rings is 5. The Morgan fingerprint density at radius 1 is 0.414 bits per heavy atom. The Morgan fingerprint density at radius 2 is 0.690 bits per heavy atom. The average Bonchev–Trinajstić information content (AvgIpc) is 3.13. The summed E-state index contributed by atoms with van der Waals surface area (Å²) in [5.74, 6) is 0. The Balaban J connectivity index is 0.000000222. The van der Waals surface area contributed by atoms with Gasteiger partial charge >= 0.3 is 0 Å². The van der Waals surface area contributed by atoms with Crippen molar-refractivity contribution in [1.82, 2.24) is 0 Å². The topological polar surface area (TPSA) is 34.1 Å². The van der Waals surface area contributed by atoms with E-state index in [4.69, 9.17) is 0 Å². The zero-order chi connectivity index (χ0) is 19.8. The number of allylic oxidation sites excluding steroid dienone is 2. The Hall–Kier alpha value is -3.43. The van der Waals surface area contributed by atoms with E-state index >= 15 is 0 Å². The van der Waals surface area contributed by atoms with Gasteiger partial charge < -0.3 is 0 Å². The summed E-state index contributed by atoms with van der Waals surface area (Å²) in [5, 5.41) is 12.8. The van der Waals surface area contributed by atoms with Crippen molar-refractivity contribution in [2.45, 2.75) is 0 Å². The van der Waals surface area contributed by atoms with Crippen LogP contribution in [-0.4, -0.2) is 8.42 Å². The summed E-state index contributed by atoms with van der Waals surface area (Å²) in [6.45, 7) is 0. The number of fused-ring (bicyclic) bond motifs is 4. The lowest BCUT2D eigenvalue weighted by Crippen LogP contribution is -1.80. The maximum Gasteiger partial charge on any atom is 0.193 e. The second kappa shape index (κ2) is 6.87. The van der Waals surface area contributed by atoms with Crippen LogP contribution in [0, 0.1) is 0 Å². The highest BCUT2D eigenvalue weighted by Crippen LogP contribution is 2.30. The summed E-state index contributed by atoms with van der Waals surface area (Å²) in [7, 11) is -2.91. The highest BCUT2D eigenvalue weighted by molar-refractivity contribution is 7.97. The number of hydrogen-bond donors (Lipinski definition) is 0. The quantitative estimate of drug-likeness (QED) is 0.273. The van der Waals surface area contributed by atoms with E-state index < -0.39 is 9.84 Å². The lowest BCUT2D eigenvalue weighted by molar-refractivity contribution is 0.613. The lowest BCUT2D eigenvalue weighted by Gasteiger charge is -2.07. The molecule has 0 spiro atoms. The molecule has 0 aliphatic carbocycles. The number of rotatable bonds is 0. The molecule has 0 amide bonds. The van der Waals surface area contributed by atoms with Crippen molar-refractivity contribution in [3.8, 4) is 0 Å². The van der Waals surface area contributed by atoms with Crippen molar-refractivity contribution in [2.75, 3.05) is 0 Å². The van der Waals surface area contributed by atoms with Crippen molar-refractivity contribution in [3.05, 3.63) is 108 Å². The van der Waals surface area contributed by atoms with Crippen LogP contribution in [0.4, 0.5) is 0 Å². The van der Waals surface area contributed by atoms with Gasteiger partial charge in [0.25, 0.3) is 0 Å². The molecule has 1 heterocycles. The number of sulfone groups is 1. The fourth-order valence-corrected chi connectivity index (χ4v) is 4.45. The van der Waals surface area contributed by atoms with E-state index in [1.165, 1.54) is 55.2 Å². The molecule has 29 heavy (non-hydrogen) atoms. The van der Waals surface area contributed by atoms with E-state index in [0.29, 0.717) is 0 Å². The van der Waals surface area contributed by atoms with Crippen molar-refractivity contribution in [1.29, 1.82) is 0 Å². The fraction of sp³-hybridized carbons (Fsp3) is 0. The summed E-state index contributed by atoms with van der Waals surface area (Å²) in [6.07, 6.45) is 2.99. The third-order valence-electron chi connectivity index (χ3n) is 5.17. The van der Waals surface area contributed by atoms with Gasteiger partial charge in [-0.15, -0.1) is 0 Å². The first-order valence-electron chi connectivity index (χ1n) is 9.42. The number of hydrogen-bond acceptors (Lipinski definition) is 2.